The summed E-state index contributed by atoms with van der Waals surface area (Å²) in [5.41, 5.74) is -0.425. The number of urea groups is 1. The molecule has 28 heavy (non-hydrogen) atoms. The number of nitrogens with one attached hydrogen (secondary N) is 2. The van der Waals surface area contributed by atoms with Gasteiger partial charge in [-0.15, -0.1) is 0 Å². The van der Waals surface area contributed by atoms with E-state index in [9.17, 15) is 22.8 Å². The molecule has 2 N–H and O–H groups in total. The summed E-state index contributed by atoms with van der Waals surface area (Å²) in [7, 11) is 0. The fraction of sp³-hybridized carbons (Fsp3) is 0.600. The van der Waals surface area contributed by atoms with Gasteiger partial charge in [-0.25, -0.2) is 4.79 Å². The van der Waals surface area contributed by atoms with Gasteiger partial charge in [0.05, 0.1) is 5.56 Å². The minimum Gasteiger partial charge on any atom is -0.353 e. The summed E-state index contributed by atoms with van der Waals surface area (Å²) in [4.78, 5) is 26.3. The average molecular weight is 397 g/mol. The first-order valence-electron chi connectivity index (χ1n) is 9.86. The average Bonchev–Trinajstić information content (AvgIpc) is 2.69. The molecule has 0 atom stereocenters. The number of nitrogens with zero attached hydrogens (tertiary/aromatic N) is 1. The molecule has 1 saturated carbocycles. The summed E-state index contributed by atoms with van der Waals surface area (Å²) in [6, 6.07) is 4.13. The molecule has 1 aliphatic heterocycles. The number of likely N-dealkylation sites (tertiary alicyclic amines) is 1. The molecule has 0 aromatic heterocycles. The molecule has 5 nitrogen and oxygen atoms in total. The molecule has 1 heterocycles. The van der Waals surface area contributed by atoms with E-state index in [0.717, 1.165) is 37.8 Å². The number of rotatable bonds is 3. The molecule has 2 aliphatic rings. The molecule has 3 amide bonds. The van der Waals surface area contributed by atoms with Crippen LogP contribution >= 0.6 is 0 Å². The van der Waals surface area contributed by atoms with E-state index in [2.05, 4.69) is 10.6 Å². The van der Waals surface area contributed by atoms with Crippen LogP contribution < -0.4 is 10.6 Å². The minimum absolute atomic E-state index is 0.0737. The summed E-state index contributed by atoms with van der Waals surface area (Å²) in [5, 5.41) is 5.74. The first kappa shape index (κ1) is 20.5. The maximum Gasteiger partial charge on any atom is 0.416 e. The molecule has 0 spiro atoms. The van der Waals surface area contributed by atoms with Crippen LogP contribution in [-0.4, -0.2) is 36.0 Å². The van der Waals surface area contributed by atoms with Crippen molar-refractivity contribution < 1.29 is 22.8 Å². The lowest BCUT2D eigenvalue weighted by atomic mass is 9.88. The second-order valence-electron chi connectivity index (χ2n) is 7.61. The Balaban J connectivity index is 1.44. The van der Waals surface area contributed by atoms with Gasteiger partial charge in [-0.3, -0.25) is 4.79 Å². The summed E-state index contributed by atoms with van der Waals surface area (Å²) < 4.78 is 37.8. The van der Waals surface area contributed by atoms with Crippen molar-refractivity contribution in [3.63, 3.8) is 0 Å². The number of piperidine rings is 1. The van der Waals surface area contributed by atoms with Gasteiger partial charge in [0, 0.05) is 30.7 Å². The molecule has 8 heteroatoms. The van der Waals surface area contributed by atoms with E-state index in [0.29, 0.717) is 31.6 Å². The zero-order chi connectivity index (χ0) is 20.1. The van der Waals surface area contributed by atoms with Crippen LogP contribution in [0.2, 0.25) is 0 Å². The minimum atomic E-state index is -4.40. The number of anilines is 1. The summed E-state index contributed by atoms with van der Waals surface area (Å²) in [6.45, 7) is 1.00. The number of carbonyl (C=O) groups excluding carboxylic acids is 2. The number of hydrogen-bond donors (Lipinski definition) is 2. The molecular weight excluding hydrogens is 371 g/mol. The third kappa shape index (κ3) is 5.39. The van der Waals surface area contributed by atoms with Gasteiger partial charge in [0.15, 0.2) is 0 Å². The van der Waals surface area contributed by atoms with E-state index in [1.54, 1.807) is 4.90 Å². The lowest BCUT2D eigenvalue weighted by molar-refractivity contribution is -0.137. The Labute approximate surface area is 162 Å². The van der Waals surface area contributed by atoms with Gasteiger partial charge in [-0.2, -0.15) is 13.2 Å². The second kappa shape index (κ2) is 8.84. The van der Waals surface area contributed by atoms with Crippen LogP contribution in [-0.2, 0) is 11.0 Å². The molecule has 0 unspecified atom stereocenters. The summed E-state index contributed by atoms with van der Waals surface area (Å²) in [5.74, 6) is 0.252. The fourth-order valence-corrected chi connectivity index (χ4v) is 3.86. The molecule has 1 aliphatic carbocycles. The predicted octanol–water partition coefficient (Wildman–Crippen LogP) is 4.40. The SMILES string of the molecule is O=C(NC1CCN(C(=O)Nc2ccc(C(F)(F)F)cc2)CC1)C1CCCCC1. The normalized spacial score (nSPS) is 19.3. The molecule has 3 rings (SSSR count). The highest BCUT2D eigenvalue weighted by Crippen LogP contribution is 2.30. The van der Waals surface area contributed by atoms with E-state index in [1.165, 1.54) is 18.6 Å². The number of carbonyl (C=O) groups is 2. The van der Waals surface area contributed by atoms with Crippen molar-refractivity contribution in [2.24, 2.45) is 5.92 Å². The highest BCUT2D eigenvalue weighted by Gasteiger charge is 2.30. The molecule has 1 aromatic rings. The highest BCUT2D eigenvalue weighted by atomic mass is 19.4. The van der Waals surface area contributed by atoms with Crippen LogP contribution in [0.1, 0.15) is 50.5 Å². The molecule has 1 aromatic carbocycles. The smallest absolute Gasteiger partial charge is 0.353 e. The first-order chi connectivity index (χ1) is 13.3. The fourth-order valence-electron chi connectivity index (χ4n) is 3.86. The Morgan fingerprint density at radius 2 is 1.54 bits per heavy atom. The zero-order valence-electron chi connectivity index (χ0n) is 15.7. The lowest BCUT2D eigenvalue weighted by Crippen LogP contribution is -2.49. The first-order valence-corrected chi connectivity index (χ1v) is 9.86. The number of hydrogen-bond acceptors (Lipinski definition) is 2. The standard InChI is InChI=1S/C20H26F3N3O2/c21-20(22,23)15-6-8-16(9-7-15)25-19(28)26-12-10-17(11-13-26)24-18(27)14-4-2-1-3-5-14/h6-9,14,17H,1-5,10-13H2,(H,24,27)(H,25,28). The van der Waals surface area contributed by atoms with Gasteiger partial charge in [-0.05, 0) is 49.9 Å². The Bertz CT molecular complexity index is 677. The van der Waals surface area contributed by atoms with E-state index in [1.807, 2.05) is 0 Å². The van der Waals surface area contributed by atoms with E-state index >= 15 is 0 Å². The van der Waals surface area contributed by atoms with Crippen molar-refractivity contribution in [3.05, 3.63) is 29.8 Å². The number of amides is 3. The molecular formula is C20H26F3N3O2. The van der Waals surface area contributed by atoms with Gasteiger partial charge in [0.1, 0.15) is 0 Å². The quantitative estimate of drug-likeness (QED) is 0.794. The monoisotopic (exact) mass is 397 g/mol. The van der Waals surface area contributed by atoms with Crippen molar-refractivity contribution in [2.45, 2.75) is 57.2 Å². The topological polar surface area (TPSA) is 61.4 Å². The van der Waals surface area contributed by atoms with Crippen LogP contribution in [0.25, 0.3) is 0 Å². The van der Waals surface area contributed by atoms with Crippen LogP contribution in [0.4, 0.5) is 23.7 Å². The third-order valence-electron chi connectivity index (χ3n) is 5.57. The Morgan fingerprint density at radius 1 is 0.929 bits per heavy atom. The van der Waals surface area contributed by atoms with Crippen LogP contribution in [0, 0.1) is 5.92 Å². The summed E-state index contributed by atoms with van der Waals surface area (Å²) in [6.07, 6.45) is 2.31. The van der Waals surface area contributed by atoms with Gasteiger partial charge in [-0.1, -0.05) is 19.3 Å². The van der Waals surface area contributed by atoms with E-state index in [4.69, 9.17) is 0 Å². The third-order valence-corrected chi connectivity index (χ3v) is 5.57. The second-order valence-corrected chi connectivity index (χ2v) is 7.61. The molecule has 0 bridgehead atoms. The number of benzene rings is 1. The van der Waals surface area contributed by atoms with Crippen LogP contribution in [0.5, 0.6) is 0 Å². The Morgan fingerprint density at radius 3 is 2.11 bits per heavy atom. The van der Waals surface area contributed by atoms with Crippen molar-refractivity contribution in [2.75, 3.05) is 18.4 Å². The van der Waals surface area contributed by atoms with Crippen LogP contribution in [0.3, 0.4) is 0 Å². The van der Waals surface area contributed by atoms with Gasteiger partial charge in [0.2, 0.25) is 5.91 Å². The van der Waals surface area contributed by atoms with E-state index in [-0.39, 0.29) is 23.9 Å². The Kier molecular flexibility index (Phi) is 6.46. The van der Waals surface area contributed by atoms with Crippen molar-refractivity contribution in [1.82, 2.24) is 10.2 Å². The molecule has 2 fully saturated rings. The molecule has 1 saturated heterocycles. The number of halogens is 3. The molecule has 0 radical (unpaired) electrons. The maximum atomic E-state index is 12.6. The summed E-state index contributed by atoms with van der Waals surface area (Å²) >= 11 is 0. The Hall–Kier alpha value is -2.25. The van der Waals surface area contributed by atoms with E-state index < -0.39 is 11.7 Å². The van der Waals surface area contributed by atoms with Crippen LogP contribution in [0.15, 0.2) is 24.3 Å². The highest BCUT2D eigenvalue weighted by molar-refractivity contribution is 5.89. The van der Waals surface area contributed by atoms with Gasteiger partial charge >= 0.3 is 12.2 Å². The van der Waals surface area contributed by atoms with Gasteiger partial charge in [0.25, 0.3) is 0 Å². The predicted molar refractivity (Wildman–Crippen MR) is 99.8 cm³/mol. The number of alkyl halides is 3. The van der Waals surface area contributed by atoms with Crippen molar-refractivity contribution >= 4 is 17.6 Å². The molecule has 154 valence electrons. The van der Waals surface area contributed by atoms with Gasteiger partial charge < -0.3 is 15.5 Å². The largest absolute Gasteiger partial charge is 0.416 e. The maximum absolute atomic E-state index is 12.6. The van der Waals surface area contributed by atoms with Crippen molar-refractivity contribution in [3.8, 4) is 0 Å². The zero-order valence-corrected chi connectivity index (χ0v) is 15.7. The van der Waals surface area contributed by atoms with Crippen molar-refractivity contribution in [1.29, 1.82) is 0 Å². The lowest BCUT2D eigenvalue weighted by Gasteiger charge is -2.33.